The van der Waals surface area contributed by atoms with E-state index in [-0.39, 0.29) is 18.8 Å². The zero-order chi connectivity index (χ0) is 18.7. The Labute approximate surface area is 160 Å². The van der Waals surface area contributed by atoms with Gasteiger partial charge in [-0.2, -0.15) is 0 Å². The van der Waals surface area contributed by atoms with Gasteiger partial charge >= 0.3 is 0 Å². The predicted molar refractivity (Wildman–Crippen MR) is 101 cm³/mol. The molecule has 1 saturated heterocycles. The van der Waals surface area contributed by atoms with Crippen LogP contribution in [0.3, 0.4) is 0 Å². The lowest BCUT2D eigenvalue weighted by Crippen LogP contribution is -2.30. The predicted octanol–water partition coefficient (Wildman–Crippen LogP) is 3.33. The van der Waals surface area contributed by atoms with Crippen LogP contribution in [0.2, 0.25) is 0 Å². The first-order chi connectivity index (χ1) is 12.5. The lowest BCUT2D eigenvalue weighted by atomic mass is 9.88. The van der Waals surface area contributed by atoms with Gasteiger partial charge in [0.05, 0.1) is 12.6 Å². The summed E-state index contributed by atoms with van der Waals surface area (Å²) in [7, 11) is 1.50. The number of methoxy groups -OCH3 is 1. The van der Waals surface area contributed by atoms with E-state index in [1.54, 1.807) is 24.3 Å². The molecule has 2 aromatic carbocycles. The minimum absolute atomic E-state index is 0.0949. The molecule has 2 unspecified atom stereocenters. The van der Waals surface area contributed by atoms with E-state index in [0.717, 1.165) is 10.0 Å². The van der Waals surface area contributed by atoms with Crippen LogP contribution in [0.15, 0.2) is 59.1 Å². The van der Waals surface area contributed by atoms with Crippen LogP contribution in [-0.4, -0.2) is 31.2 Å². The van der Waals surface area contributed by atoms with Crippen LogP contribution in [0, 0.1) is 5.92 Å². The molecule has 1 aliphatic heterocycles. The van der Waals surface area contributed by atoms with E-state index in [1.807, 2.05) is 30.3 Å². The number of amides is 1. The molecule has 0 aliphatic carbocycles. The minimum atomic E-state index is -1.02. The molecule has 1 aliphatic rings. The van der Waals surface area contributed by atoms with Gasteiger partial charge in [0, 0.05) is 23.7 Å². The summed E-state index contributed by atoms with van der Waals surface area (Å²) >= 11 is 3.37. The number of hydrogen-bond donors (Lipinski definition) is 0. The minimum Gasteiger partial charge on any atom is -0.384 e. The summed E-state index contributed by atoms with van der Waals surface area (Å²) in [5.41, 5.74) is 1.34. The average molecular weight is 416 g/mol. The maximum absolute atomic E-state index is 12.7. The number of nitrogens with zero attached hydrogens (tertiary/aromatic N) is 1. The first kappa shape index (κ1) is 18.5. The lowest BCUT2D eigenvalue weighted by molar-refractivity contribution is -0.139. The zero-order valence-corrected chi connectivity index (χ0v) is 15.8. The number of hydrogen-bond acceptors (Lipinski definition) is 4. The van der Waals surface area contributed by atoms with Crippen molar-refractivity contribution >= 4 is 39.1 Å². The van der Waals surface area contributed by atoms with E-state index in [2.05, 4.69) is 15.9 Å². The fourth-order valence-corrected chi connectivity index (χ4v) is 3.49. The zero-order valence-electron chi connectivity index (χ0n) is 14.2. The Balaban J connectivity index is 2.07. The molecule has 0 N–H and O–H groups in total. The first-order valence-corrected chi connectivity index (χ1v) is 9.03. The van der Waals surface area contributed by atoms with Crippen molar-refractivity contribution in [3.05, 3.63) is 64.6 Å². The number of carbonyl (C=O) groups excluding carboxylic acids is 3. The fourth-order valence-electron chi connectivity index (χ4n) is 3.22. The van der Waals surface area contributed by atoms with E-state index >= 15 is 0 Å². The average Bonchev–Trinajstić information content (AvgIpc) is 2.92. The van der Waals surface area contributed by atoms with E-state index in [4.69, 9.17) is 4.74 Å². The van der Waals surface area contributed by atoms with Gasteiger partial charge in [-0.1, -0.05) is 46.3 Å². The van der Waals surface area contributed by atoms with Gasteiger partial charge in [-0.15, -0.1) is 0 Å². The van der Waals surface area contributed by atoms with E-state index in [0.29, 0.717) is 5.69 Å². The molecule has 0 bridgehead atoms. The summed E-state index contributed by atoms with van der Waals surface area (Å²) in [5.74, 6) is -2.62. The van der Waals surface area contributed by atoms with Crippen LogP contribution in [0.25, 0.3) is 0 Å². The molecule has 1 fully saturated rings. The molecule has 3 rings (SSSR count). The maximum Gasteiger partial charge on any atom is 0.295 e. The van der Waals surface area contributed by atoms with Gasteiger partial charge in [0.25, 0.3) is 5.91 Å². The SMILES string of the molecule is COCCC(=O)C1C(=O)C(=O)N(c2ccc(Br)cc2)C1c1ccccc1. The van der Waals surface area contributed by atoms with Gasteiger partial charge in [-0.3, -0.25) is 19.3 Å². The summed E-state index contributed by atoms with van der Waals surface area (Å²) in [5, 5.41) is 0. The van der Waals surface area contributed by atoms with Crippen molar-refractivity contribution in [1.82, 2.24) is 0 Å². The topological polar surface area (TPSA) is 63.7 Å². The van der Waals surface area contributed by atoms with Gasteiger partial charge in [0.15, 0.2) is 0 Å². The van der Waals surface area contributed by atoms with E-state index < -0.39 is 23.7 Å². The van der Waals surface area contributed by atoms with Gasteiger partial charge in [-0.05, 0) is 29.8 Å². The molecule has 6 heteroatoms. The van der Waals surface area contributed by atoms with Crippen molar-refractivity contribution in [2.75, 3.05) is 18.6 Å². The van der Waals surface area contributed by atoms with Crippen molar-refractivity contribution in [3.63, 3.8) is 0 Å². The van der Waals surface area contributed by atoms with E-state index in [9.17, 15) is 14.4 Å². The maximum atomic E-state index is 12.7. The molecular weight excluding hydrogens is 398 g/mol. The molecule has 1 amide bonds. The quantitative estimate of drug-likeness (QED) is 0.536. The monoisotopic (exact) mass is 415 g/mol. The summed E-state index contributed by atoms with van der Waals surface area (Å²) in [6, 6.07) is 15.6. The fraction of sp³-hybridized carbons (Fsp3) is 0.250. The smallest absolute Gasteiger partial charge is 0.295 e. The van der Waals surface area contributed by atoms with Crippen LogP contribution < -0.4 is 4.90 Å². The molecule has 0 spiro atoms. The number of anilines is 1. The third kappa shape index (κ3) is 3.48. The first-order valence-electron chi connectivity index (χ1n) is 8.24. The Hall–Kier alpha value is -2.31. The Morgan fingerprint density at radius 1 is 1.08 bits per heavy atom. The Morgan fingerprint density at radius 2 is 1.73 bits per heavy atom. The van der Waals surface area contributed by atoms with Gasteiger partial charge < -0.3 is 4.74 Å². The summed E-state index contributed by atoms with van der Waals surface area (Å²) in [6.45, 7) is 0.219. The number of Topliss-reactive ketones (excluding diaryl/α,β-unsaturated/α-hetero) is 2. The third-order valence-electron chi connectivity index (χ3n) is 4.45. The Bertz CT molecular complexity index is 819. The normalized spacial score (nSPS) is 19.8. The molecule has 0 saturated carbocycles. The highest BCUT2D eigenvalue weighted by Gasteiger charge is 2.51. The van der Waals surface area contributed by atoms with Crippen molar-refractivity contribution in [1.29, 1.82) is 0 Å². The summed E-state index contributed by atoms with van der Waals surface area (Å²) in [4.78, 5) is 39.5. The highest BCUT2D eigenvalue weighted by molar-refractivity contribution is 9.10. The molecule has 0 radical (unpaired) electrons. The highest BCUT2D eigenvalue weighted by Crippen LogP contribution is 2.40. The lowest BCUT2D eigenvalue weighted by Gasteiger charge is -2.27. The third-order valence-corrected chi connectivity index (χ3v) is 4.98. The second-order valence-electron chi connectivity index (χ2n) is 6.06. The summed E-state index contributed by atoms with van der Waals surface area (Å²) < 4.78 is 5.83. The molecule has 2 aromatic rings. The van der Waals surface area contributed by atoms with Crippen molar-refractivity contribution in [3.8, 4) is 0 Å². The van der Waals surface area contributed by atoms with Crippen molar-refractivity contribution < 1.29 is 19.1 Å². The molecule has 5 nitrogen and oxygen atoms in total. The number of ketones is 2. The van der Waals surface area contributed by atoms with Gasteiger partial charge in [0.2, 0.25) is 5.78 Å². The number of carbonyl (C=O) groups is 3. The standard InChI is InChI=1S/C20H18BrNO4/c1-26-12-11-16(23)17-18(13-5-3-2-4-6-13)22(20(25)19(17)24)15-9-7-14(21)8-10-15/h2-10,17-18H,11-12H2,1H3. The largest absolute Gasteiger partial charge is 0.384 e. The van der Waals surface area contributed by atoms with Crippen LogP contribution in [-0.2, 0) is 19.1 Å². The molecule has 0 aromatic heterocycles. The van der Waals surface area contributed by atoms with Crippen LogP contribution in [0.1, 0.15) is 18.0 Å². The number of ether oxygens (including phenoxy) is 1. The second kappa shape index (κ2) is 7.93. The Morgan fingerprint density at radius 3 is 2.35 bits per heavy atom. The van der Waals surface area contributed by atoms with Crippen LogP contribution >= 0.6 is 15.9 Å². The second-order valence-corrected chi connectivity index (χ2v) is 6.97. The molecule has 26 heavy (non-hydrogen) atoms. The van der Waals surface area contributed by atoms with Gasteiger partial charge in [0.1, 0.15) is 11.7 Å². The van der Waals surface area contributed by atoms with Crippen LogP contribution in [0.5, 0.6) is 0 Å². The summed E-state index contributed by atoms with van der Waals surface area (Å²) in [6.07, 6.45) is 0.0949. The highest BCUT2D eigenvalue weighted by atomic mass is 79.9. The van der Waals surface area contributed by atoms with E-state index in [1.165, 1.54) is 12.0 Å². The van der Waals surface area contributed by atoms with Gasteiger partial charge in [-0.25, -0.2) is 0 Å². The number of rotatable bonds is 6. The molecule has 2 atom stereocenters. The molecule has 1 heterocycles. The molecular formula is C20H18BrNO4. The van der Waals surface area contributed by atoms with Crippen molar-refractivity contribution in [2.45, 2.75) is 12.5 Å². The number of benzene rings is 2. The number of halogens is 1. The Kier molecular flexibility index (Phi) is 5.64. The molecule has 134 valence electrons. The van der Waals surface area contributed by atoms with Crippen molar-refractivity contribution in [2.24, 2.45) is 5.92 Å². The van der Waals surface area contributed by atoms with Crippen LogP contribution in [0.4, 0.5) is 5.69 Å².